The topological polar surface area (TPSA) is 78.1 Å². The summed E-state index contributed by atoms with van der Waals surface area (Å²) in [7, 11) is 0. The summed E-state index contributed by atoms with van der Waals surface area (Å²) in [5.41, 5.74) is 5.70. The molecule has 0 spiro atoms. The zero-order valence-electron chi connectivity index (χ0n) is 15.3. The van der Waals surface area contributed by atoms with Gasteiger partial charge in [-0.05, 0) is 31.3 Å². The Morgan fingerprint density at radius 3 is 2.21 bits per heavy atom. The summed E-state index contributed by atoms with van der Waals surface area (Å²) in [4.78, 5) is 11.1. The number of halogens is 1. The largest absolute Gasteiger partial charge is 0.468 e. The second-order valence-electron chi connectivity index (χ2n) is 3.40. The molecular formula is C17H28FN3O2S. The highest BCUT2D eigenvalue weighted by Crippen LogP contribution is 2.19. The number of hydrogen-bond donors (Lipinski definition) is 1. The van der Waals surface area contributed by atoms with Crippen LogP contribution < -0.4 is 10.5 Å². The number of rotatable bonds is 6. The maximum Gasteiger partial charge on any atom is 0.295 e. The average molecular weight is 357 g/mol. The van der Waals surface area contributed by atoms with Crippen molar-refractivity contribution in [2.24, 2.45) is 0 Å². The van der Waals surface area contributed by atoms with E-state index >= 15 is 0 Å². The number of ether oxygens (including phenoxy) is 1. The molecule has 0 saturated carbocycles. The maximum absolute atomic E-state index is 13.4. The molecule has 136 valence electrons. The molecule has 0 aromatic carbocycles. The number of Topliss-reactive ketones (excluding diaryl/α,β-unsaturated/α-hetero) is 1. The van der Waals surface area contributed by atoms with Gasteiger partial charge in [0.1, 0.15) is 5.83 Å². The minimum absolute atomic E-state index is 0.0596. The van der Waals surface area contributed by atoms with Crippen LogP contribution in [0.5, 0.6) is 5.19 Å². The fraction of sp³-hybridized carbons (Fsp3) is 0.471. The molecule has 7 heteroatoms. The third-order valence-electron chi connectivity index (χ3n) is 2.02. The van der Waals surface area contributed by atoms with Crippen molar-refractivity contribution in [1.82, 2.24) is 10.2 Å². The lowest BCUT2D eigenvalue weighted by atomic mass is 10.1. The van der Waals surface area contributed by atoms with Gasteiger partial charge in [0, 0.05) is 12.0 Å². The summed E-state index contributed by atoms with van der Waals surface area (Å²) in [6.07, 6.45) is 10.8. The van der Waals surface area contributed by atoms with Gasteiger partial charge in [0.2, 0.25) is 5.13 Å². The Labute approximate surface area is 148 Å². The van der Waals surface area contributed by atoms with Gasteiger partial charge < -0.3 is 10.5 Å². The minimum Gasteiger partial charge on any atom is -0.468 e. The van der Waals surface area contributed by atoms with Crippen LogP contribution in [0.3, 0.4) is 0 Å². The summed E-state index contributed by atoms with van der Waals surface area (Å²) in [6, 6.07) is 0. The van der Waals surface area contributed by atoms with Crippen molar-refractivity contribution in [2.75, 3.05) is 12.3 Å². The molecule has 0 amide bonds. The first-order valence-corrected chi connectivity index (χ1v) is 8.43. The molecule has 0 aliphatic carbocycles. The first-order valence-electron chi connectivity index (χ1n) is 7.61. The van der Waals surface area contributed by atoms with Crippen LogP contribution in [-0.2, 0) is 4.79 Å². The molecule has 0 radical (unpaired) electrons. The number of allylic oxidation sites excluding steroid dienone is 3. The molecular weight excluding hydrogens is 329 g/mol. The standard InChI is InChI=1S/C11H14FN3O2S.2C2H6.C2H2/c1-3-8(7(2)16)6-9(12)4-5-17-11-15-14-10(13)18-11;3*1-2/h3,6H,4-5H2,1-2H3,(H2,13,14);2*1-2H3;1-2H/b8-3+,9-6+;;;. The SMILES string of the molecule is C#C.C/C=C(\C=C(\F)CCOc1nnc(N)s1)C(C)=O.CC.CC. The Hall–Kier alpha value is -2.20. The second kappa shape index (κ2) is 18.8. The van der Waals surface area contributed by atoms with Crippen molar-refractivity contribution in [3.8, 4) is 18.0 Å². The number of hydrogen-bond acceptors (Lipinski definition) is 6. The van der Waals surface area contributed by atoms with Crippen molar-refractivity contribution >= 4 is 22.3 Å². The van der Waals surface area contributed by atoms with E-state index in [1.165, 1.54) is 13.0 Å². The molecule has 0 aliphatic heterocycles. The van der Waals surface area contributed by atoms with Crippen LogP contribution in [-0.4, -0.2) is 22.6 Å². The monoisotopic (exact) mass is 357 g/mol. The molecule has 1 heterocycles. The molecule has 0 unspecified atom stereocenters. The molecule has 0 atom stereocenters. The van der Waals surface area contributed by atoms with Gasteiger partial charge in [-0.15, -0.1) is 17.9 Å². The first kappa shape index (κ1) is 26.7. The van der Waals surface area contributed by atoms with E-state index in [4.69, 9.17) is 10.5 Å². The predicted molar refractivity (Wildman–Crippen MR) is 101 cm³/mol. The van der Waals surface area contributed by atoms with E-state index in [0.717, 1.165) is 11.3 Å². The van der Waals surface area contributed by atoms with Gasteiger partial charge in [-0.1, -0.05) is 38.9 Å². The van der Waals surface area contributed by atoms with Crippen molar-refractivity contribution in [1.29, 1.82) is 0 Å². The van der Waals surface area contributed by atoms with Crippen LogP contribution in [0.2, 0.25) is 0 Å². The molecule has 0 aliphatic rings. The molecule has 5 nitrogen and oxygen atoms in total. The average Bonchev–Trinajstić information content (AvgIpc) is 3.03. The van der Waals surface area contributed by atoms with E-state index < -0.39 is 5.83 Å². The molecule has 24 heavy (non-hydrogen) atoms. The highest BCUT2D eigenvalue weighted by molar-refractivity contribution is 7.16. The van der Waals surface area contributed by atoms with Crippen LogP contribution in [0.25, 0.3) is 0 Å². The highest BCUT2D eigenvalue weighted by atomic mass is 32.1. The number of nitrogen functional groups attached to an aromatic ring is 1. The third kappa shape index (κ3) is 13.5. The van der Waals surface area contributed by atoms with E-state index in [0.29, 0.717) is 15.9 Å². The molecule has 0 saturated heterocycles. The van der Waals surface area contributed by atoms with Crippen LogP contribution in [0.4, 0.5) is 9.52 Å². The lowest BCUT2D eigenvalue weighted by Gasteiger charge is -2.00. The normalized spacial score (nSPS) is 10.0. The van der Waals surface area contributed by atoms with Crippen molar-refractivity contribution in [2.45, 2.75) is 48.0 Å². The maximum atomic E-state index is 13.4. The zero-order chi connectivity index (χ0) is 19.5. The quantitative estimate of drug-likeness (QED) is 0.458. The lowest BCUT2D eigenvalue weighted by molar-refractivity contribution is -0.113. The van der Waals surface area contributed by atoms with Gasteiger partial charge in [0.25, 0.3) is 5.19 Å². The van der Waals surface area contributed by atoms with Gasteiger partial charge in [-0.2, -0.15) is 0 Å². The summed E-state index contributed by atoms with van der Waals surface area (Å²) in [6.45, 7) is 11.2. The number of terminal acetylenes is 1. The number of aromatic nitrogens is 2. The molecule has 0 bridgehead atoms. The first-order chi connectivity index (χ1) is 11.5. The number of carbonyl (C=O) groups excluding carboxylic acids is 1. The van der Waals surface area contributed by atoms with E-state index in [9.17, 15) is 9.18 Å². The van der Waals surface area contributed by atoms with Gasteiger partial charge in [-0.25, -0.2) is 4.39 Å². The van der Waals surface area contributed by atoms with E-state index in [2.05, 4.69) is 23.0 Å². The Bertz CT molecular complexity index is 523. The van der Waals surface area contributed by atoms with E-state index in [1.807, 2.05) is 27.7 Å². The Morgan fingerprint density at radius 1 is 1.29 bits per heavy atom. The smallest absolute Gasteiger partial charge is 0.295 e. The summed E-state index contributed by atoms with van der Waals surface area (Å²) in [5.74, 6) is -0.596. The summed E-state index contributed by atoms with van der Waals surface area (Å²) in [5, 5.41) is 7.79. The minimum atomic E-state index is -0.421. The number of carbonyl (C=O) groups is 1. The van der Waals surface area contributed by atoms with Crippen LogP contribution in [0.1, 0.15) is 48.0 Å². The van der Waals surface area contributed by atoms with E-state index in [1.54, 1.807) is 13.0 Å². The molecule has 0 fully saturated rings. The summed E-state index contributed by atoms with van der Waals surface area (Å²) >= 11 is 1.09. The predicted octanol–water partition coefficient (Wildman–Crippen LogP) is 4.58. The van der Waals surface area contributed by atoms with Crippen LogP contribution in [0, 0.1) is 12.8 Å². The molecule has 1 aromatic heterocycles. The fourth-order valence-electron chi connectivity index (χ4n) is 1.14. The Morgan fingerprint density at radius 2 is 1.83 bits per heavy atom. The number of nitrogens with two attached hydrogens (primary N) is 1. The van der Waals surface area contributed by atoms with Gasteiger partial charge in [-0.3, -0.25) is 4.79 Å². The zero-order valence-corrected chi connectivity index (χ0v) is 16.1. The highest BCUT2D eigenvalue weighted by Gasteiger charge is 2.05. The van der Waals surface area contributed by atoms with Crippen LogP contribution >= 0.6 is 11.3 Å². The van der Waals surface area contributed by atoms with Crippen molar-refractivity contribution < 1.29 is 13.9 Å². The number of nitrogens with zero attached hydrogens (tertiary/aromatic N) is 2. The van der Waals surface area contributed by atoms with Gasteiger partial charge >= 0.3 is 0 Å². The Kier molecular flexibility index (Phi) is 21.0. The molecule has 2 N–H and O–H groups in total. The Balaban J connectivity index is -0.000000659. The van der Waals surface area contributed by atoms with Crippen molar-refractivity contribution in [3.63, 3.8) is 0 Å². The second-order valence-corrected chi connectivity index (χ2v) is 4.37. The fourth-order valence-corrected chi connectivity index (χ4v) is 1.63. The van der Waals surface area contributed by atoms with Crippen LogP contribution in [0.15, 0.2) is 23.6 Å². The molecule has 1 aromatic rings. The molecule has 1 rings (SSSR count). The van der Waals surface area contributed by atoms with E-state index in [-0.39, 0.29) is 18.8 Å². The van der Waals surface area contributed by atoms with Gasteiger partial charge in [0.05, 0.1) is 6.61 Å². The third-order valence-corrected chi connectivity index (χ3v) is 2.68. The summed E-state index contributed by atoms with van der Waals surface area (Å²) < 4.78 is 18.6. The lowest BCUT2D eigenvalue weighted by Crippen LogP contribution is -1.99. The van der Waals surface area contributed by atoms with Gasteiger partial charge in [0.15, 0.2) is 5.78 Å². The van der Waals surface area contributed by atoms with Crippen molar-refractivity contribution in [3.05, 3.63) is 23.6 Å². The number of ketones is 1. The number of anilines is 1.